The van der Waals surface area contributed by atoms with Crippen molar-refractivity contribution in [3.05, 3.63) is 11.9 Å². The van der Waals surface area contributed by atoms with E-state index in [0.717, 1.165) is 18.9 Å². The average molecular weight is 280 g/mol. The molecule has 0 bridgehead atoms. The van der Waals surface area contributed by atoms with E-state index in [-0.39, 0.29) is 11.2 Å². The molecular weight excluding hydrogens is 256 g/mol. The van der Waals surface area contributed by atoms with E-state index < -0.39 is 0 Å². The Hall–Kier alpha value is -1.40. The molecule has 0 amide bonds. The van der Waals surface area contributed by atoms with Gasteiger partial charge in [0.15, 0.2) is 5.82 Å². The van der Waals surface area contributed by atoms with Gasteiger partial charge in [0, 0.05) is 26.3 Å². The largest absolute Gasteiger partial charge is 0.384 e. The van der Waals surface area contributed by atoms with Crippen LogP contribution in [0.4, 0.5) is 11.6 Å². The molecule has 1 aliphatic rings. The van der Waals surface area contributed by atoms with Gasteiger partial charge in [-0.25, -0.2) is 9.97 Å². The highest BCUT2D eigenvalue weighted by Crippen LogP contribution is 2.31. The highest BCUT2D eigenvalue weighted by molar-refractivity contribution is 5.48. The van der Waals surface area contributed by atoms with Crippen molar-refractivity contribution in [2.45, 2.75) is 45.5 Å². The van der Waals surface area contributed by atoms with Gasteiger partial charge in [0.2, 0.25) is 0 Å². The molecule has 6 heteroatoms. The lowest BCUT2D eigenvalue weighted by molar-refractivity contribution is -0.133. The van der Waals surface area contributed by atoms with Gasteiger partial charge in [-0.3, -0.25) is 0 Å². The molecule has 0 saturated carbocycles. The zero-order chi connectivity index (χ0) is 15.0. The highest BCUT2D eigenvalue weighted by atomic mass is 16.5. The molecule has 2 heterocycles. The Bertz CT molecular complexity index is 472. The van der Waals surface area contributed by atoms with Gasteiger partial charge in [0.05, 0.1) is 11.2 Å². The summed E-state index contributed by atoms with van der Waals surface area (Å²) in [6.45, 7) is 10.2. The molecule has 1 aromatic rings. The molecule has 1 aliphatic heterocycles. The third-order valence-electron chi connectivity index (χ3n) is 3.07. The second kappa shape index (κ2) is 5.18. The first-order valence-electron chi connectivity index (χ1n) is 6.78. The molecule has 1 fully saturated rings. The van der Waals surface area contributed by atoms with Crippen molar-refractivity contribution in [3.8, 4) is 0 Å². The van der Waals surface area contributed by atoms with Gasteiger partial charge in [-0.05, 0) is 27.7 Å². The van der Waals surface area contributed by atoms with Gasteiger partial charge < -0.3 is 20.1 Å². The van der Waals surface area contributed by atoms with Crippen LogP contribution in [0.15, 0.2) is 6.07 Å². The van der Waals surface area contributed by atoms with Crippen LogP contribution >= 0.6 is 0 Å². The first kappa shape index (κ1) is 15.0. The molecule has 20 heavy (non-hydrogen) atoms. The summed E-state index contributed by atoms with van der Waals surface area (Å²) in [5.41, 5.74) is 5.40. The second-order valence-corrected chi connectivity index (χ2v) is 6.48. The minimum atomic E-state index is -0.233. The SMILES string of the molecule is COCc1nc(N)cc(N2CC(C)(C)OC(C)(C)C2)n1. The minimum absolute atomic E-state index is 0.233. The Morgan fingerprint density at radius 3 is 2.40 bits per heavy atom. The highest BCUT2D eigenvalue weighted by Gasteiger charge is 2.38. The van der Waals surface area contributed by atoms with E-state index in [1.165, 1.54) is 0 Å². The molecule has 1 saturated heterocycles. The average Bonchev–Trinajstić information content (AvgIpc) is 2.24. The van der Waals surface area contributed by atoms with E-state index in [1.54, 1.807) is 13.2 Å². The van der Waals surface area contributed by atoms with Crippen LogP contribution in [0.3, 0.4) is 0 Å². The van der Waals surface area contributed by atoms with Gasteiger partial charge in [-0.1, -0.05) is 0 Å². The predicted molar refractivity (Wildman–Crippen MR) is 78.6 cm³/mol. The first-order valence-corrected chi connectivity index (χ1v) is 6.78. The van der Waals surface area contributed by atoms with Gasteiger partial charge in [0.1, 0.15) is 18.2 Å². The van der Waals surface area contributed by atoms with Crippen LogP contribution in [0.2, 0.25) is 0 Å². The van der Waals surface area contributed by atoms with Gasteiger partial charge in [0.25, 0.3) is 0 Å². The Labute approximate surface area is 120 Å². The Kier molecular flexibility index (Phi) is 3.88. The maximum atomic E-state index is 6.08. The van der Waals surface area contributed by atoms with Crippen molar-refractivity contribution < 1.29 is 9.47 Å². The molecule has 2 N–H and O–H groups in total. The van der Waals surface area contributed by atoms with Crippen LogP contribution in [0.5, 0.6) is 0 Å². The lowest BCUT2D eigenvalue weighted by atomic mass is 9.99. The normalized spacial score (nSPS) is 20.9. The quantitative estimate of drug-likeness (QED) is 0.906. The summed E-state index contributed by atoms with van der Waals surface area (Å²) in [6, 6.07) is 1.80. The third-order valence-corrected chi connectivity index (χ3v) is 3.07. The maximum absolute atomic E-state index is 6.08. The Morgan fingerprint density at radius 1 is 1.25 bits per heavy atom. The molecular formula is C14H24N4O2. The van der Waals surface area contributed by atoms with Crippen LogP contribution in [0, 0.1) is 0 Å². The fourth-order valence-electron chi connectivity index (χ4n) is 2.81. The third kappa shape index (κ3) is 3.58. The van der Waals surface area contributed by atoms with Gasteiger partial charge in [-0.15, -0.1) is 0 Å². The molecule has 0 spiro atoms. The second-order valence-electron chi connectivity index (χ2n) is 6.48. The molecule has 0 atom stereocenters. The summed E-state index contributed by atoms with van der Waals surface area (Å²) in [5.74, 6) is 1.89. The van der Waals surface area contributed by atoms with Gasteiger partial charge >= 0.3 is 0 Å². The molecule has 0 aliphatic carbocycles. The number of rotatable bonds is 3. The lowest BCUT2D eigenvalue weighted by Gasteiger charge is -2.47. The van der Waals surface area contributed by atoms with Crippen LogP contribution in [-0.2, 0) is 16.1 Å². The number of morpholine rings is 1. The smallest absolute Gasteiger partial charge is 0.158 e. The van der Waals surface area contributed by atoms with Crippen molar-refractivity contribution in [2.75, 3.05) is 30.8 Å². The molecule has 6 nitrogen and oxygen atoms in total. The number of methoxy groups -OCH3 is 1. The minimum Gasteiger partial charge on any atom is -0.384 e. The van der Waals surface area contributed by atoms with Crippen LogP contribution in [0.1, 0.15) is 33.5 Å². The molecule has 1 aromatic heterocycles. The molecule has 0 aromatic carbocycles. The number of ether oxygens (including phenoxy) is 2. The molecule has 112 valence electrons. The van der Waals surface area contributed by atoms with Crippen LogP contribution in [0.25, 0.3) is 0 Å². The van der Waals surface area contributed by atoms with Crippen LogP contribution in [-0.4, -0.2) is 41.4 Å². The number of nitrogens with zero attached hydrogens (tertiary/aromatic N) is 3. The van der Waals surface area contributed by atoms with E-state index >= 15 is 0 Å². The fourth-order valence-corrected chi connectivity index (χ4v) is 2.81. The topological polar surface area (TPSA) is 73.5 Å². The summed E-state index contributed by atoms with van der Waals surface area (Å²) in [7, 11) is 1.62. The zero-order valence-electron chi connectivity index (χ0n) is 12.9. The van der Waals surface area contributed by atoms with E-state index in [4.69, 9.17) is 15.2 Å². The van der Waals surface area contributed by atoms with E-state index in [0.29, 0.717) is 18.2 Å². The zero-order valence-corrected chi connectivity index (χ0v) is 12.9. The van der Waals surface area contributed by atoms with Crippen molar-refractivity contribution in [1.82, 2.24) is 9.97 Å². The number of hydrogen-bond donors (Lipinski definition) is 1. The van der Waals surface area contributed by atoms with Crippen molar-refractivity contribution in [1.29, 1.82) is 0 Å². The number of nitrogens with two attached hydrogens (primary N) is 1. The molecule has 0 radical (unpaired) electrons. The molecule has 2 rings (SSSR count). The number of hydrogen-bond acceptors (Lipinski definition) is 6. The number of anilines is 2. The monoisotopic (exact) mass is 280 g/mol. The van der Waals surface area contributed by atoms with Crippen LogP contribution < -0.4 is 10.6 Å². The van der Waals surface area contributed by atoms with E-state index in [1.807, 2.05) is 0 Å². The lowest BCUT2D eigenvalue weighted by Crippen LogP contribution is -2.57. The van der Waals surface area contributed by atoms with E-state index in [2.05, 4.69) is 42.6 Å². The molecule has 0 unspecified atom stereocenters. The number of nitrogen functional groups attached to an aromatic ring is 1. The Balaban J connectivity index is 2.30. The first-order chi connectivity index (χ1) is 9.21. The predicted octanol–water partition coefficient (Wildman–Crippen LogP) is 1.60. The van der Waals surface area contributed by atoms with Gasteiger partial charge in [-0.2, -0.15) is 0 Å². The van der Waals surface area contributed by atoms with Crippen molar-refractivity contribution in [3.63, 3.8) is 0 Å². The fraction of sp³-hybridized carbons (Fsp3) is 0.714. The summed E-state index contributed by atoms with van der Waals surface area (Å²) >= 11 is 0. The Morgan fingerprint density at radius 2 is 1.85 bits per heavy atom. The number of aromatic nitrogens is 2. The summed E-state index contributed by atoms with van der Waals surface area (Å²) in [5, 5.41) is 0. The summed E-state index contributed by atoms with van der Waals surface area (Å²) in [6.07, 6.45) is 0. The maximum Gasteiger partial charge on any atom is 0.158 e. The van der Waals surface area contributed by atoms with E-state index in [9.17, 15) is 0 Å². The van der Waals surface area contributed by atoms with Crippen molar-refractivity contribution in [2.24, 2.45) is 0 Å². The summed E-state index contributed by atoms with van der Waals surface area (Å²) < 4.78 is 11.2. The summed E-state index contributed by atoms with van der Waals surface area (Å²) in [4.78, 5) is 10.9. The van der Waals surface area contributed by atoms with Crippen molar-refractivity contribution >= 4 is 11.6 Å². The standard InChI is InChI=1S/C14H24N4O2/c1-13(2)8-18(9-14(3,4)20-13)12-6-10(15)16-11(17-12)7-19-5/h6H,7-9H2,1-5H3,(H2,15,16,17).